The first kappa shape index (κ1) is 17.7. The fourth-order valence-corrected chi connectivity index (χ4v) is 3.00. The number of fused-ring (bicyclic) bond motifs is 1. The Morgan fingerprint density at radius 3 is 2.46 bits per heavy atom. The second kappa shape index (κ2) is 7.44. The molecule has 0 radical (unpaired) electrons. The van der Waals surface area contributed by atoms with Crippen LogP contribution in [0.4, 0.5) is 0 Å². The summed E-state index contributed by atoms with van der Waals surface area (Å²) in [7, 11) is 0. The molecule has 0 aliphatic heterocycles. The molecule has 2 aromatic carbocycles. The van der Waals surface area contributed by atoms with Crippen LogP contribution in [0.2, 0.25) is 0 Å². The molecule has 1 amide bonds. The second-order valence-electron chi connectivity index (χ2n) is 6.74. The molecule has 0 aliphatic rings. The Bertz CT molecular complexity index is 929. The summed E-state index contributed by atoms with van der Waals surface area (Å²) in [6, 6.07) is 16.7. The molecule has 0 fully saturated rings. The van der Waals surface area contributed by atoms with Crippen molar-refractivity contribution >= 4 is 22.8 Å². The van der Waals surface area contributed by atoms with E-state index in [-0.39, 0.29) is 11.8 Å². The van der Waals surface area contributed by atoms with Crippen LogP contribution < -0.4 is 5.32 Å². The average molecular weight is 350 g/mol. The van der Waals surface area contributed by atoms with Crippen LogP contribution >= 0.6 is 0 Å². The molecule has 0 unspecified atom stereocenters. The number of aliphatic carboxylic acids is 1. The standard InChI is InChI=1S/C21H22N2O3/c1-14(2)19(21(25)26)22-20(24)17-8-9-18-16(12-17)10-11-23(18)13-15-6-4-3-5-7-15/h3-12,14,19H,13H2,1-2H3,(H,22,24)(H,25,26)/t19-/m1/s1. The lowest BCUT2D eigenvalue weighted by molar-refractivity contribution is -0.140. The van der Waals surface area contributed by atoms with Gasteiger partial charge in [-0.15, -0.1) is 0 Å². The van der Waals surface area contributed by atoms with Gasteiger partial charge in [-0.1, -0.05) is 44.2 Å². The molecule has 1 aromatic heterocycles. The van der Waals surface area contributed by atoms with Crippen LogP contribution in [0.3, 0.4) is 0 Å². The molecule has 3 rings (SSSR count). The normalized spacial score (nSPS) is 12.3. The van der Waals surface area contributed by atoms with E-state index < -0.39 is 12.0 Å². The van der Waals surface area contributed by atoms with Crippen molar-refractivity contribution in [1.82, 2.24) is 9.88 Å². The van der Waals surface area contributed by atoms with Crippen molar-refractivity contribution in [2.75, 3.05) is 0 Å². The van der Waals surface area contributed by atoms with Crippen molar-refractivity contribution in [2.45, 2.75) is 26.4 Å². The van der Waals surface area contributed by atoms with E-state index in [4.69, 9.17) is 0 Å². The molecule has 0 saturated heterocycles. The number of amides is 1. The first-order chi connectivity index (χ1) is 12.5. The third-order valence-electron chi connectivity index (χ3n) is 4.45. The summed E-state index contributed by atoms with van der Waals surface area (Å²) >= 11 is 0. The molecular weight excluding hydrogens is 328 g/mol. The number of carbonyl (C=O) groups excluding carboxylic acids is 1. The van der Waals surface area contributed by atoms with Crippen LogP contribution in [0.1, 0.15) is 29.8 Å². The smallest absolute Gasteiger partial charge is 0.326 e. The highest BCUT2D eigenvalue weighted by Crippen LogP contribution is 2.19. The molecule has 26 heavy (non-hydrogen) atoms. The molecule has 0 saturated carbocycles. The molecule has 5 nitrogen and oxygen atoms in total. The summed E-state index contributed by atoms with van der Waals surface area (Å²) in [4.78, 5) is 23.7. The van der Waals surface area contributed by atoms with Crippen molar-refractivity contribution in [3.8, 4) is 0 Å². The van der Waals surface area contributed by atoms with Gasteiger partial charge in [0.05, 0.1) is 0 Å². The predicted molar refractivity (Wildman–Crippen MR) is 101 cm³/mol. The zero-order valence-corrected chi connectivity index (χ0v) is 14.8. The minimum absolute atomic E-state index is 0.188. The van der Waals surface area contributed by atoms with Crippen molar-refractivity contribution in [2.24, 2.45) is 5.92 Å². The van der Waals surface area contributed by atoms with E-state index in [0.29, 0.717) is 5.56 Å². The molecule has 0 aliphatic carbocycles. The van der Waals surface area contributed by atoms with Crippen LogP contribution in [0.15, 0.2) is 60.8 Å². The minimum Gasteiger partial charge on any atom is -0.480 e. The maximum atomic E-state index is 12.4. The van der Waals surface area contributed by atoms with E-state index >= 15 is 0 Å². The molecule has 134 valence electrons. The second-order valence-corrected chi connectivity index (χ2v) is 6.74. The molecule has 0 bridgehead atoms. The lowest BCUT2D eigenvalue weighted by Crippen LogP contribution is -2.44. The number of benzene rings is 2. The van der Waals surface area contributed by atoms with Crippen molar-refractivity contribution in [3.05, 3.63) is 71.9 Å². The van der Waals surface area contributed by atoms with Gasteiger partial charge < -0.3 is 15.0 Å². The van der Waals surface area contributed by atoms with E-state index in [2.05, 4.69) is 22.0 Å². The fraction of sp³-hybridized carbons (Fsp3) is 0.238. The average Bonchev–Trinajstić information content (AvgIpc) is 3.02. The van der Waals surface area contributed by atoms with Gasteiger partial charge in [0.1, 0.15) is 6.04 Å². The van der Waals surface area contributed by atoms with Gasteiger partial charge in [-0.2, -0.15) is 0 Å². The van der Waals surface area contributed by atoms with E-state index in [1.165, 1.54) is 5.56 Å². The maximum Gasteiger partial charge on any atom is 0.326 e. The monoisotopic (exact) mass is 350 g/mol. The summed E-state index contributed by atoms with van der Waals surface area (Å²) in [6.45, 7) is 4.29. The third-order valence-corrected chi connectivity index (χ3v) is 4.45. The Labute approximate surface area is 152 Å². The number of carboxylic acid groups (broad SMARTS) is 1. The van der Waals surface area contributed by atoms with Gasteiger partial charge in [0.25, 0.3) is 5.91 Å². The van der Waals surface area contributed by atoms with E-state index in [9.17, 15) is 14.7 Å². The highest BCUT2D eigenvalue weighted by molar-refractivity contribution is 5.99. The lowest BCUT2D eigenvalue weighted by atomic mass is 10.0. The molecule has 2 N–H and O–H groups in total. The number of carboxylic acids is 1. The number of hydrogen-bond acceptors (Lipinski definition) is 2. The molecule has 1 atom stereocenters. The number of hydrogen-bond donors (Lipinski definition) is 2. The third kappa shape index (κ3) is 3.77. The Kier molecular flexibility index (Phi) is 5.07. The lowest BCUT2D eigenvalue weighted by Gasteiger charge is -2.18. The van der Waals surface area contributed by atoms with Crippen molar-refractivity contribution < 1.29 is 14.7 Å². The van der Waals surface area contributed by atoms with Gasteiger partial charge in [-0.25, -0.2) is 4.79 Å². The van der Waals surface area contributed by atoms with Crippen LogP contribution in [0.5, 0.6) is 0 Å². The zero-order valence-electron chi connectivity index (χ0n) is 14.8. The summed E-state index contributed by atoms with van der Waals surface area (Å²) in [5.74, 6) is -1.58. The van der Waals surface area contributed by atoms with Gasteiger partial charge in [0.15, 0.2) is 0 Å². The molecule has 5 heteroatoms. The van der Waals surface area contributed by atoms with Crippen LogP contribution in [-0.2, 0) is 11.3 Å². The zero-order chi connectivity index (χ0) is 18.7. The maximum absolute atomic E-state index is 12.4. The molecule has 1 heterocycles. The van der Waals surface area contributed by atoms with E-state index in [0.717, 1.165) is 17.4 Å². The predicted octanol–water partition coefficient (Wildman–Crippen LogP) is 3.53. The summed E-state index contributed by atoms with van der Waals surface area (Å²) in [6.07, 6.45) is 1.99. The first-order valence-electron chi connectivity index (χ1n) is 8.62. The van der Waals surface area contributed by atoms with Gasteiger partial charge in [-0.05, 0) is 35.7 Å². The Balaban J connectivity index is 1.82. The molecular formula is C21H22N2O3. The summed E-state index contributed by atoms with van der Waals surface area (Å²) < 4.78 is 2.13. The Morgan fingerprint density at radius 1 is 1.08 bits per heavy atom. The number of nitrogens with zero attached hydrogens (tertiary/aromatic N) is 1. The van der Waals surface area contributed by atoms with E-state index in [1.807, 2.05) is 36.5 Å². The first-order valence-corrected chi connectivity index (χ1v) is 8.62. The van der Waals surface area contributed by atoms with E-state index in [1.54, 1.807) is 26.0 Å². The summed E-state index contributed by atoms with van der Waals surface area (Å²) in [5, 5.41) is 12.8. The summed E-state index contributed by atoms with van der Waals surface area (Å²) in [5.41, 5.74) is 2.69. The number of carbonyl (C=O) groups is 2. The fourth-order valence-electron chi connectivity index (χ4n) is 3.00. The van der Waals surface area contributed by atoms with Gasteiger partial charge in [0, 0.05) is 29.2 Å². The molecule has 3 aromatic rings. The minimum atomic E-state index is -1.02. The van der Waals surface area contributed by atoms with Gasteiger partial charge >= 0.3 is 5.97 Å². The Morgan fingerprint density at radius 2 is 1.81 bits per heavy atom. The van der Waals surface area contributed by atoms with Gasteiger partial charge in [0.2, 0.25) is 0 Å². The van der Waals surface area contributed by atoms with Crippen LogP contribution in [0, 0.1) is 5.92 Å². The number of nitrogens with one attached hydrogen (secondary N) is 1. The largest absolute Gasteiger partial charge is 0.480 e. The van der Waals surface area contributed by atoms with Gasteiger partial charge in [-0.3, -0.25) is 4.79 Å². The Hall–Kier alpha value is -3.08. The van der Waals surface area contributed by atoms with Crippen molar-refractivity contribution in [1.29, 1.82) is 0 Å². The quantitative estimate of drug-likeness (QED) is 0.714. The molecule has 0 spiro atoms. The van der Waals surface area contributed by atoms with Crippen LogP contribution in [0.25, 0.3) is 10.9 Å². The van der Waals surface area contributed by atoms with Crippen molar-refractivity contribution in [3.63, 3.8) is 0 Å². The highest BCUT2D eigenvalue weighted by Gasteiger charge is 2.24. The SMILES string of the molecule is CC(C)[C@@H](NC(=O)c1ccc2c(ccn2Cc2ccccc2)c1)C(=O)O. The number of rotatable bonds is 6. The highest BCUT2D eigenvalue weighted by atomic mass is 16.4. The van der Waals surface area contributed by atoms with Crippen LogP contribution in [-0.4, -0.2) is 27.6 Å². The number of aromatic nitrogens is 1. The topological polar surface area (TPSA) is 71.3 Å².